The molecule has 1 aromatic carbocycles. The van der Waals surface area contributed by atoms with E-state index in [4.69, 9.17) is 5.10 Å². The van der Waals surface area contributed by atoms with Crippen molar-refractivity contribution in [3.63, 3.8) is 0 Å². The molecule has 0 saturated carbocycles. The van der Waals surface area contributed by atoms with E-state index in [0.717, 1.165) is 37.4 Å². The maximum atomic E-state index is 4.73. The maximum Gasteiger partial charge on any atom is 0.212 e. The molecule has 0 N–H and O–H groups in total. The van der Waals surface area contributed by atoms with E-state index in [2.05, 4.69) is 32.5 Å². The molecule has 3 aromatic rings. The van der Waals surface area contributed by atoms with E-state index in [1.807, 2.05) is 29.8 Å². The summed E-state index contributed by atoms with van der Waals surface area (Å²) in [4.78, 5) is 0. The molecule has 4 rings (SSSR count). The molecule has 0 bridgehead atoms. The molecule has 6 nitrogen and oxygen atoms in total. The van der Waals surface area contributed by atoms with Crippen LogP contribution in [0.1, 0.15) is 16.4 Å². The lowest BCUT2D eigenvalue weighted by atomic mass is 10.1. The van der Waals surface area contributed by atoms with Gasteiger partial charge in [0.2, 0.25) is 5.16 Å². The Morgan fingerprint density at radius 2 is 2.00 bits per heavy atom. The van der Waals surface area contributed by atoms with Crippen LogP contribution in [-0.4, -0.2) is 36.5 Å². The molecule has 1 aliphatic rings. The lowest BCUT2D eigenvalue weighted by Crippen LogP contribution is -2.14. The molecule has 3 heterocycles. The number of nitrogens with zero attached hydrogens (tertiary/aromatic N) is 6. The Kier molecular flexibility index (Phi) is 4.15. The van der Waals surface area contributed by atoms with Crippen molar-refractivity contribution in [2.75, 3.05) is 5.75 Å². The van der Waals surface area contributed by atoms with E-state index >= 15 is 0 Å². The summed E-state index contributed by atoms with van der Waals surface area (Å²) in [5, 5.41) is 23.2. The molecule has 2 aromatic heterocycles. The van der Waals surface area contributed by atoms with Crippen LogP contribution in [0.2, 0.25) is 0 Å². The first kappa shape index (κ1) is 14.9. The Morgan fingerprint density at radius 1 is 1.13 bits per heavy atom. The topological polar surface area (TPSA) is 68.8 Å². The molecule has 1 aliphatic heterocycles. The average Bonchev–Trinajstić information content (AvgIpc) is 3.19. The Balaban J connectivity index is 1.58. The van der Waals surface area contributed by atoms with Crippen LogP contribution in [0, 0.1) is 6.92 Å². The summed E-state index contributed by atoms with van der Waals surface area (Å²) in [5.41, 5.74) is 2.18. The summed E-state index contributed by atoms with van der Waals surface area (Å²) in [6.45, 7) is 1.95. The van der Waals surface area contributed by atoms with Crippen molar-refractivity contribution < 1.29 is 0 Å². The molecule has 0 unspecified atom stereocenters. The highest BCUT2D eigenvalue weighted by molar-refractivity contribution is 8.00. The number of aryl methyl sites for hydroxylation is 1. The van der Waals surface area contributed by atoms with Crippen LogP contribution in [0.4, 0.5) is 0 Å². The fraction of sp³-hybridized carbons (Fsp3) is 0.214. The molecule has 0 amide bonds. The fourth-order valence-electron chi connectivity index (χ4n) is 2.09. The van der Waals surface area contributed by atoms with Crippen LogP contribution in [0.3, 0.4) is 0 Å². The second-order valence-corrected chi connectivity index (χ2v) is 8.13. The molecule has 9 heteroatoms. The van der Waals surface area contributed by atoms with Gasteiger partial charge in [-0.1, -0.05) is 65.2 Å². The van der Waals surface area contributed by atoms with Gasteiger partial charge in [-0.3, -0.25) is 0 Å². The van der Waals surface area contributed by atoms with E-state index in [1.165, 1.54) is 0 Å². The Hall–Kier alpha value is -1.71. The zero-order valence-corrected chi connectivity index (χ0v) is 14.7. The van der Waals surface area contributed by atoms with Gasteiger partial charge in [0.1, 0.15) is 5.01 Å². The average molecular weight is 360 g/mol. The number of hydrogen-bond donors (Lipinski definition) is 0. The van der Waals surface area contributed by atoms with Crippen molar-refractivity contribution in [3.8, 4) is 0 Å². The summed E-state index contributed by atoms with van der Waals surface area (Å²) >= 11 is 4.86. The van der Waals surface area contributed by atoms with Gasteiger partial charge in [0.15, 0.2) is 10.2 Å². The minimum Gasteiger partial charge on any atom is -0.190 e. The van der Waals surface area contributed by atoms with E-state index < -0.39 is 0 Å². The number of benzene rings is 1. The van der Waals surface area contributed by atoms with E-state index in [0.29, 0.717) is 5.75 Å². The van der Waals surface area contributed by atoms with Crippen molar-refractivity contribution >= 4 is 40.6 Å². The van der Waals surface area contributed by atoms with Crippen molar-refractivity contribution in [2.24, 2.45) is 5.10 Å². The monoisotopic (exact) mass is 360 g/mol. The Bertz CT molecular complexity index is 855. The highest BCUT2D eigenvalue weighted by Gasteiger charge is 2.20. The van der Waals surface area contributed by atoms with Crippen LogP contribution >= 0.6 is 34.9 Å². The molecule has 0 spiro atoms. The molecular weight excluding hydrogens is 348 g/mol. The predicted molar refractivity (Wildman–Crippen MR) is 93.3 cm³/mol. The van der Waals surface area contributed by atoms with Crippen LogP contribution in [-0.2, 0) is 5.75 Å². The van der Waals surface area contributed by atoms with Gasteiger partial charge < -0.3 is 0 Å². The minimum absolute atomic E-state index is 0.674. The molecule has 116 valence electrons. The SMILES string of the molecule is Cc1nnc(SCc2nnc3n2N=C(c2ccccc2)CS3)s1. The van der Waals surface area contributed by atoms with Gasteiger partial charge in [-0.15, -0.1) is 20.4 Å². The van der Waals surface area contributed by atoms with Crippen LogP contribution in [0.15, 0.2) is 44.9 Å². The van der Waals surface area contributed by atoms with Crippen molar-refractivity contribution in [3.05, 3.63) is 46.7 Å². The first-order valence-electron chi connectivity index (χ1n) is 6.93. The number of hydrogen-bond acceptors (Lipinski definition) is 8. The Labute approximate surface area is 145 Å². The van der Waals surface area contributed by atoms with Crippen molar-refractivity contribution in [1.29, 1.82) is 0 Å². The molecule has 23 heavy (non-hydrogen) atoms. The van der Waals surface area contributed by atoms with Crippen molar-refractivity contribution in [2.45, 2.75) is 22.2 Å². The third kappa shape index (κ3) is 3.17. The van der Waals surface area contributed by atoms with Gasteiger partial charge in [0.05, 0.1) is 11.5 Å². The van der Waals surface area contributed by atoms with Crippen molar-refractivity contribution in [1.82, 2.24) is 25.1 Å². The maximum absolute atomic E-state index is 4.73. The van der Waals surface area contributed by atoms with Gasteiger partial charge in [-0.25, -0.2) is 0 Å². The summed E-state index contributed by atoms with van der Waals surface area (Å²) in [5.74, 6) is 2.32. The summed E-state index contributed by atoms with van der Waals surface area (Å²) in [7, 11) is 0. The number of rotatable bonds is 4. The third-order valence-corrected chi connectivity index (χ3v) is 6.07. The summed E-state index contributed by atoms with van der Waals surface area (Å²) in [6.07, 6.45) is 0. The van der Waals surface area contributed by atoms with Gasteiger partial charge in [-0.2, -0.15) is 9.78 Å². The molecule has 0 fully saturated rings. The third-order valence-electron chi connectivity index (χ3n) is 3.17. The van der Waals surface area contributed by atoms with Crippen LogP contribution in [0.5, 0.6) is 0 Å². The first-order chi connectivity index (χ1) is 11.3. The first-order valence-corrected chi connectivity index (χ1v) is 9.71. The van der Waals surface area contributed by atoms with Crippen LogP contribution < -0.4 is 0 Å². The number of fused-ring (bicyclic) bond motifs is 1. The zero-order chi connectivity index (χ0) is 15.6. The number of aromatic nitrogens is 5. The van der Waals surface area contributed by atoms with Gasteiger partial charge in [-0.05, 0) is 12.5 Å². The van der Waals surface area contributed by atoms with E-state index in [9.17, 15) is 0 Å². The number of thioether (sulfide) groups is 2. The zero-order valence-electron chi connectivity index (χ0n) is 12.2. The van der Waals surface area contributed by atoms with Crippen LogP contribution in [0.25, 0.3) is 0 Å². The summed E-state index contributed by atoms with van der Waals surface area (Å²) < 4.78 is 2.78. The molecule has 0 saturated heterocycles. The highest BCUT2D eigenvalue weighted by atomic mass is 32.2. The van der Waals surface area contributed by atoms with E-state index in [1.54, 1.807) is 34.9 Å². The summed E-state index contributed by atoms with van der Waals surface area (Å²) in [6, 6.07) is 10.2. The van der Waals surface area contributed by atoms with Gasteiger partial charge in [0, 0.05) is 5.75 Å². The molecule has 0 atom stereocenters. The Morgan fingerprint density at radius 3 is 2.78 bits per heavy atom. The smallest absolute Gasteiger partial charge is 0.190 e. The quantitative estimate of drug-likeness (QED) is 0.666. The predicted octanol–water partition coefficient (Wildman–Crippen LogP) is 3.09. The lowest BCUT2D eigenvalue weighted by Gasteiger charge is -2.13. The highest BCUT2D eigenvalue weighted by Crippen LogP contribution is 2.28. The van der Waals surface area contributed by atoms with Gasteiger partial charge in [0.25, 0.3) is 0 Å². The lowest BCUT2D eigenvalue weighted by molar-refractivity contribution is 0.731. The fourth-order valence-corrected chi connectivity index (χ4v) is 4.67. The standard InChI is InChI=1S/C14H12N6S3/c1-9-15-18-14(23-9)22-8-12-16-17-13-20(12)19-11(7-21-13)10-5-3-2-4-6-10/h2-6H,7-8H2,1H3. The largest absolute Gasteiger partial charge is 0.212 e. The van der Waals surface area contributed by atoms with E-state index in [-0.39, 0.29) is 0 Å². The second kappa shape index (κ2) is 6.42. The molecular formula is C14H12N6S3. The second-order valence-electron chi connectivity index (χ2n) is 4.79. The minimum atomic E-state index is 0.674. The molecule has 0 aliphatic carbocycles. The normalized spacial score (nSPS) is 13.7. The van der Waals surface area contributed by atoms with Gasteiger partial charge >= 0.3 is 0 Å². The molecule has 0 radical (unpaired) electrons.